The molecule has 2 aromatic carbocycles. The number of para-hydroxylation sites is 1. The van der Waals surface area contributed by atoms with Gasteiger partial charge in [-0.2, -0.15) is 5.10 Å². The molecule has 0 aliphatic heterocycles. The van der Waals surface area contributed by atoms with Gasteiger partial charge in [-0.1, -0.05) is 23.4 Å². The highest BCUT2D eigenvalue weighted by Crippen LogP contribution is 2.13. The Labute approximate surface area is 126 Å². The van der Waals surface area contributed by atoms with Crippen molar-refractivity contribution in [1.29, 1.82) is 0 Å². The van der Waals surface area contributed by atoms with Crippen molar-refractivity contribution < 1.29 is 10.1 Å². The van der Waals surface area contributed by atoms with Crippen LogP contribution >= 0.6 is 0 Å². The summed E-state index contributed by atoms with van der Waals surface area (Å²) in [5, 5.41) is 27.2. The van der Waals surface area contributed by atoms with E-state index >= 15 is 0 Å². The molecule has 0 saturated carbocycles. The number of nitro benzene ring substituents is 1. The Morgan fingerprint density at radius 2 is 1.77 bits per heavy atom. The highest BCUT2D eigenvalue weighted by Gasteiger charge is 2.11. The fourth-order valence-corrected chi connectivity index (χ4v) is 1.79. The van der Waals surface area contributed by atoms with Crippen LogP contribution in [0.2, 0.25) is 0 Å². The molecule has 0 radical (unpaired) electrons. The summed E-state index contributed by atoms with van der Waals surface area (Å²) < 4.78 is 0. The number of rotatable bonds is 5. The molecule has 0 saturated heterocycles. The van der Waals surface area contributed by atoms with Crippen molar-refractivity contribution >= 4 is 22.8 Å². The normalized spacial score (nSPS) is 12.0. The Hall–Kier alpha value is -3.22. The maximum Gasteiger partial charge on any atom is 0.269 e. The standard InChI is InChI=1S/C15H14N4O3/c1-11(16-17-13-5-3-2-4-6-13)15(18-20)12-7-9-14(10-8-12)19(21)22/h2-10,17,20H,1H3/b16-11-,18-15-. The summed E-state index contributed by atoms with van der Waals surface area (Å²) in [5.74, 6) is 0. The van der Waals surface area contributed by atoms with Crippen molar-refractivity contribution in [2.24, 2.45) is 10.3 Å². The first-order valence-electron chi connectivity index (χ1n) is 6.44. The van der Waals surface area contributed by atoms with Crippen LogP contribution in [-0.2, 0) is 0 Å². The van der Waals surface area contributed by atoms with Crippen LogP contribution in [0.1, 0.15) is 12.5 Å². The number of hydrazone groups is 1. The van der Waals surface area contributed by atoms with E-state index in [2.05, 4.69) is 15.7 Å². The van der Waals surface area contributed by atoms with E-state index in [1.54, 1.807) is 6.92 Å². The number of anilines is 1. The molecule has 7 heteroatoms. The molecule has 22 heavy (non-hydrogen) atoms. The number of hydrogen-bond acceptors (Lipinski definition) is 6. The monoisotopic (exact) mass is 298 g/mol. The van der Waals surface area contributed by atoms with Crippen LogP contribution < -0.4 is 5.43 Å². The molecule has 0 amide bonds. The molecule has 0 atom stereocenters. The lowest BCUT2D eigenvalue weighted by molar-refractivity contribution is -0.384. The summed E-state index contributed by atoms with van der Waals surface area (Å²) in [6.07, 6.45) is 0. The molecule has 2 N–H and O–H groups in total. The summed E-state index contributed by atoms with van der Waals surface area (Å²) in [5.41, 5.74) is 4.82. The van der Waals surface area contributed by atoms with Gasteiger partial charge >= 0.3 is 0 Å². The van der Waals surface area contributed by atoms with Gasteiger partial charge in [-0.05, 0) is 31.2 Å². The third-order valence-corrected chi connectivity index (χ3v) is 2.92. The van der Waals surface area contributed by atoms with E-state index in [4.69, 9.17) is 0 Å². The van der Waals surface area contributed by atoms with Gasteiger partial charge in [0.15, 0.2) is 0 Å². The predicted octanol–water partition coefficient (Wildman–Crippen LogP) is 3.26. The summed E-state index contributed by atoms with van der Waals surface area (Å²) in [6.45, 7) is 1.67. The Bertz CT molecular complexity index is 709. The zero-order chi connectivity index (χ0) is 15.9. The average Bonchev–Trinajstić information content (AvgIpc) is 2.55. The second-order valence-electron chi connectivity index (χ2n) is 4.43. The van der Waals surface area contributed by atoms with Gasteiger partial charge in [0.25, 0.3) is 5.69 Å². The van der Waals surface area contributed by atoms with E-state index in [0.717, 1.165) is 5.69 Å². The van der Waals surface area contributed by atoms with Crippen molar-refractivity contribution in [3.63, 3.8) is 0 Å². The first-order valence-corrected chi connectivity index (χ1v) is 6.44. The molecule has 0 spiro atoms. The van der Waals surface area contributed by atoms with Crippen molar-refractivity contribution in [1.82, 2.24) is 0 Å². The molecule has 2 rings (SSSR count). The molecule has 0 aliphatic rings. The molecule has 0 fully saturated rings. The molecular formula is C15H14N4O3. The first-order chi connectivity index (χ1) is 10.6. The van der Waals surface area contributed by atoms with Crippen LogP contribution in [0.5, 0.6) is 0 Å². The lowest BCUT2D eigenvalue weighted by Crippen LogP contribution is -2.14. The van der Waals surface area contributed by atoms with Gasteiger partial charge in [-0.25, -0.2) is 0 Å². The zero-order valence-electron chi connectivity index (χ0n) is 11.8. The van der Waals surface area contributed by atoms with Gasteiger partial charge in [-0.3, -0.25) is 15.5 Å². The van der Waals surface area contributed by atoms with Crippen LogP contribution in [0, 0.1) is 10.1 Å². The Balaban J connectivity index is 2.18. The quantitative estimate of drug-likeness (QED) is 0.383. The van der Waals surface area contributed by atoms with Crippen molar-refractivity contribution in [2.45, 2.75) is 6.92 Å². The second-order valence-corrected chi connectivity index (χ2v) is 4.43. The van der Waals surface area contributed by atoms with Crippen molar-refractivity contribution in [3.05, 3.63) is 70.3 Å². The number of hydrogen-bond donors (Lipinski definition) is 2. The fourth-order valence-electron chi connectivity index (χ4n) is 1.79. The number of non-ortho nitro benzene ring substituents is 1. The van der Waals surface area contributed by atoms with E-state index in [-0.39, 0.29) is 11.4 Å². The molecule has 0 aromatic heterocycles. The largest absolute Gasteiger partial charge is 0.410 e. The summed E-state index contributed by atoms with van der Waals surface area (Å²) in [6, 6.07) is 15.0. The topological polar surface area (TPSA) is 100 Å². The number of oxime groups is 1. The fraction of sp³-hybridized carbons (Fsp3) is 0.0667. The summed E-state index contributed by atoms with van der Waals surface area (Å²) >= 11 is 0. The van der Waals surface area contributed by atoms with Gasteiger partial charge in [0, 0.05) is 17.7 Å². The van der Waals surface area contributed by atoms with Crippen LogP contribution in [-0.4, -0.2) is 21.6 Å². The SMILES string of the molecule is CC(=N/Nc1ccccc1)/C(=N/O)c1ccc([N+](=O)[O-])cc1. The van der Waals surface area contributed by atoms with E-state index in [1.807, 2.05) is 30.3 Å². The number of nitrogens with one attached hydrogen (secondary N) is 1. The average molecular weight is 298 g/mol. The Morgan fingerprint density at radius 3 is 2.32 bits per heavy atom. The summed E-state index contributed by atoms with van der Waals surface area (Å²) in [4.78, 5) is 10.1. The van der Waals surface area contributed by atoms with E-state index in [1.165, 1.54) is 24.3 Å². The van der Waals surface area contributed by atoms with E-state index < -0.39 is 4.92 Å². The zero-order valence-corrected chi connectivity index (χ0v) is 11.8. The van der Waals surface area contributed by atoms with Gasteiger partial charge in [0.2, 0.25) is 0 Å². The molecular weight excluding hydrogens is 284 g/mol. The van der Waals surface area contributed by atoms with Gasteiger partial charge in [0.1, 0.15) is 5.71 Å². The third-order valence-electron chi connectivity index (χ3n) is 2.92. The van der Waals surface area contributed by atoms with Crippen LogP contribution in [0.4, 0.5) is 11.4 Å². The molecule has 112 valence electrons. The van der Waals surface area contributed by atoms with E-state index in [9.17, 15) is 15.3 Å². The maximum absolute atomic E-state index is 10.6. The second kappa shape index (κ2) is 6.98. The lowest BCUT2D eigenvalue weighted by atomic mass is 10.1. The van der Waals surface area contributed by atoms with Crippen LogP contribution in [0.3, 0.4) is 0 Å². The minimum atomic E-state index is -0.489. The van der Waals surface area contributed by atoms with Crippen molar-refractivity contribution in [3.8, 4) is 0 Å². The lowest BCUT2D eigenvalue weighted by Gasteiger charge is -2.05. The minimum absolute atomic E-state index is 0.0296. The summed E-state index contributed by atoms with van der Waals surface area (Å²) in [7, 11) is 0. The number of nitrogens with zero attached hydrogens (tertiary/aromatic N) is 3. The predicted molar refractivity (Wildman–Crippen MR) is 84.6 cm³/mol. The molecule has 0 aliphatic carbocycles. The van der Waals surface area contributed by atoms with Gasteiger partial charge < -0.3 is 5.21 Å². The first kappa shape index (κ1) is 15.2. The number of nitro groups is 1. The molecule has 0 bridgehead atoms. The number of benzene rings is 2. The molecule has 7 nitrogen and oxygen atoms in total. The van der Waals surface area contributed by atoms with Crippen molar-refractivity contribution in [2.75, 3.05) is 5.43 Å². The third kappa shape index (κ3) is 3.66. The highest BCUT2D eigenvalue weighted by atomic mass is 16.6. The van der Waals surface area contributed by atoms with Gasteiger partial charge in [-0.15, -0.1) is 0 Å². The Morgan fingerprint density at radius 1 is 1.14 bits per heavy atom. The van der Waals surface area contributed by atoms with Crippen LogP contribution in [0.25, 0.3) is 0 Å². The highest BCUT2D eigenvalue weighted by molar-refractivity contribution is 6.47. The molecule has 0 heterocycles. The molecule has 2 aromatic rings. The minimum Gasteiger partial charge on any atom is -0.410 e. The Kier molecular flexibility index (Phi) is 4.81. The van der Waals surface area contributed by atoms with Crippen LogP contribution in [0.15, 0.2) is 64.9 Å². The smallest absolute Gasteiger partial charge is 0.269 e. The maximum atomic E-state index is 10.6. The van der Waals surface area contributed by atoms with E-state index in [0.29, 0.717) is 11.3 Å². The van der Waals surface area contributed by atoms with Gasteiger partial charge in [0.05, 0.1) is 16.3 Å². The molecule has 0 unspecified atom stereocenters.